The summed E-state index contributed by atoms with van der Waals surface area (Å²) in [7, 11) is 0. The summed E-state index contributed by atoms with van der Waals surface area (Å²) in [4.78, 5) is 39.8. The smallest absolute Gasteiger partial charge is 0.258 e. The van der Waals surface area contributed by atoms with Crippen LogP contribution in [0, 0.1) is 0 Å². The Labute approximate surface area is 202 Å². The Balaban J connectivity index is 1.39. The molecule has 0 radical (unpaired) electrons. The topological polar surface area (TPSA) is 120 Å². The van der Waals surface area contributed by atoms with E-state index in [9.17, 15) is 19.5 Å². The number of amides is 1. The summed E-state index contributed by atoms with van der Waals surface area (Å²) in [5.74, 6) is -0.563. The maximum atomic E-state index is 13.3. The number of phenols is 1. The zero-order valence-corrected chi connectivity index (χ0v) is 19.4. The van der Waals surface area contributed by atoms with Gasteiger partial charge in [0.2, 0.25) is 0 Å². The summed E-state index contributed by atoms with van der Waals surface area (Å²) in [6.45, 7) is 4.17. The maximum absolute atomic E-state index is 13.3. The summed E-state index contributed by atoms with van der Waals surface area (Å²) >= 11 is 0. The van der Waals surface area contributed by atoms with Gasteiger partial charge < -0.3 is 30.7 Å². The highest BCUT2D eigenvalue weighted by molar-refractivity contribution is 5.99. The van der Waals surface area contributed by atoms with Crippen LogP contribution in [0.3, 0.4) is 0 Å². The zero-order chi connectivity index (χ0) is 24.5. The van der Waals surface area contributed by atoms with E-state index in [4.69, 9.17) is 4.74 Å². The molecule has 3 unspecified atom stereocenters. The molecule has 2 fully saturated rings. The number of nitrogens with zero attached hydrogens (tertiary/aromatic N) is 1. The molecular weight excluding hydrogens is 448 g/mol. The Morgan fingerprint density at radius 3 is 2.66 bits per heavy atom. The van der Waals surface area contributed by atoms with Crippen LogP contribution in [0.15, 0.2) is 58.1 Å². The summed E-state index contributed by atoms with van der Waals surface area (Å²) in [5, 5.41) is 20.2. The fourth-order valence-corrected chi connectivity index (χ4v) is 4.88. The molecule has 9 nitrogen and oxygen atoms in total. The third kappa shape index (κ3) is 4.17. The van der Waals surface area contributed by atoms with Gasteiger partial charge in [-0.3, -0.25) is 14.4 Å². The van der Waals surface area contributed by atoms with E-state index in [1.807, 2.05) is 37.3 Å². The van der Waals surface area contributed by atoms with Crippen LogP contribution in [0.2, 0.25) is 0 Å². The minimum Gasteiger partial charge on any atom is -0.505 e. The molecule has 0 spiro atoms. The second-order valence-corrected chi connectivity index (χ2v) is 8.88. The summed E-state index contributed by atoms with van der Waals surface area (Å²) in [6, 6.07) is 14.2. The number of para-hydroxylation sites is 1. The molecular formula is C26H28N4O5. The van der Waals surface area contributed by atoms with Crippen molar-refractivity contribution < 1.29 is 14.6 Å². The molecule has 0 aromatic heterocycles. The molecule has 3 aromatic rings. The van der Waals surface area contributed by atoms with Crippen LogP contribution in [0.4, 0.5) is 17.1 Å². The molecule has 9 heteroatoms. The second-order valence-electron chi connectivity index (χ2n) is 8.88. The normalized spacial score (nSPS) is 20.4. The van der Waals surface area contributed by atoms with Gasteiger partial charge >= 0.3 is 0 Å². The number of morpholine rings is 1. The van der Waals surface area contributed by atoms with Gasteiger partial charge in [0.25, 0.3) is 16.8 Å². The number of benzene rings is 2. The molecule has 2 heterocycles. The van der Waals surface area contributed by atoms with Gasteiger partial charge in [-0.1, -0.05) is 43.3 Å². The number of carbonyl (C=O) groups excluding carboxylic acids is 1. The van der Waals surface area contributed by atoms with Gasteiger partial charge in [-0.25, -0.2) is 0 Å². The van der Waals surface area contributed by atoms with Crippen molar-refractivity contribution in [2.45, 2.75) is 31.5 Å². The largest absolute Gasteiger partial charge is 0.505 e. The number of rotatable bonds is 7. The number of aromatic hydroxyl groups is 1. The van der Waals surface area contributed by atoms with Crippen LogP contribution in [0.1, 0.15) is 35.3 Å². The highest BCUT2D eigenvalue weighted by Crippen LogP contribution is 2.34. The highest BCUT2D eigenvalue weighted by atomic mass is 16.5. The third-order valence-electron chi connectivity index (χ3n) is 6.82. The van der Waals surface area contributed by atoms with Crippen LogP contribution in [0.5, 0.6) is 5.75 Å². The Morgan fingerprint density at radius 2 is 1.89 bits per heavy atom. The van der Waals surface area contributed by atoms with Crippen molar-refractivity contribution in [2.75, 3.05) is 36.9 Å². The molecule has 3 aromatic carbocycles. The molecule has 2 aliphatic heterocycles. The average Bonchev–Trinajstić information content (AvgIpc) is 3.38. The van der Waals surface area contributed by atoms with Crippen molar-refractivity contribution in [1.29, 1.82) is 0 Å². The molecule has 0 aliphatic carbocycles. The summed E-state index contributed by atoms with van der Waals surface area (Å²) in [6.07, 6.45) is 0.637. The van der Waals surface area contributed by atoms with Gasteiger partial charge in [-0.2, -0.15) is 0 Å². The van der Waals surface area contributed by atoms with Gasteiger partial charge in [-0.05, 0) is 24.1 Å². The lowest BCUT2D eigenvalue weighted by molar-refractivity contribution is -0.0365. The van der Waals surface area contributed by atoms with E-state index in [-0.39, 0.29) is 52.5 Å². The molecule has 5 rings (SSSR count). The van der Waals surface area contributed by atoms with Gasteiger partial charge in [0.05, 0.1) is 36.0 Å². The van der Waals surface area contributed by atoms with Gasteiger partial charge in [-0.15, -0.1) is 0 Å². The fourth-order valence-electron chi connectivity index (χ4n) is 4.88. The van der Waals surface area contributed by atoms with E-state index in [2.05, 4.69) is 16.0 Å². The molecule has 4 N–H and O–H groups in total. The lowest BCUT2D eigenvalue weighted by Crippen LogP contribution is -2.53. The predicted octanol–water partition coefficient (Wildman–Crippen LogP) is 2.11. The standard InChI is InChI=1S/C26H28N4O5/c1-2-17(15-7-4-3-5-8-15)28-21-22(25(33)24(21)32)29-18-10-6-9-16(23(18)31)26(34)30-11-12-35-20-14-27-13-19(20)30/h3-10,17,19-20,27-29,31H,2,11-14H2,1H3. The van der Waals surface area contributed by atoms with Crippen molar-refractivity contribution >= 4 is 23.0 Å². The number of hydrogen-bond donors (Lipinski definition) is 4. The molecule has 3 atom stereocenters. The molecule has 0 saturated carbocycles. The van der Waals surface area contributed by atoms with E-state index in [1.165, 1.54) is 0 Å². The quantitative estimate of drug-likeness (QED) is 0.302. The van der Waals surface area contributed by atoms with Crippen LogP contribution in [0.25, 0.3) is 0 Å². The van der Waals surface area contributed by atoms with Crippen LogP contribution in [-0.2, 0) is 4.74 Å². The van der Waals surface area contributed by atoms with Gasteiger partial charge in [0.15, 0.2) is 5.75 Å². The van der Waals surface area contributed by atoms with Gasteiger partial charge in [0.1, 0.15) is 11.4 Å². The molecule has 182 valence electrons. The molecule has 1 amide bonds. The Kier molecular flexibility index (Phi) is 6.27. The third-order valence-corrected chi connectivity index (χ3v) is 6.82. The van der Waals surface area contributed by atoms with Crippen molar-refractivity contribution in [3.63, 3.8) is 0 Å². The number of anilines is 3. The van der Waals surface area contributed by atoms with E-state index >= 15 is 0 Å². The molecule has 2 saturated heterocycles. The maximum Gasteiger partial charge on any atom is 0.258 e. The first-order chi connectivity index (χ1) is 17.0. The first-order valence-corrected chi connectivity index (χ1v) is 11.9. The average molecular weight is 477 g/mol. The van der Waals surface area contributed by atoms with E-state index in [0.29, 0.717) is 32.7 Å². The van der Waals surface area contributed by atoms with Crippen molar-refractivity contribution in [2.24, 2.45) is 0 Å². The summed E-state index contributed by atoms with van der Waals surface area (Å²) in [5.41, 5.74) is 0.293. The van der Waals surface area contributed by atoms with Crippen LogP contribution < -0.4 is 26.8 Å². The second kappa shape index (κ2) is 9.52. The number of ether oxygens (including phenoxy) is 1. The Morgan fingerprint density at radius 1 is 1.11 bits per heavy atom. The SMILES string of the molecule is CCC(Nc1c(Nc2cccc(C(=O)N3CCOC4CNCC43)c2O)c(=O)c1=O)c1ccccc1. The fraction of sp³-hybridized carbons (Fsp3) is 0.346. The lowest BCUT2D eigenvalue weighted by atomic mass is 10.0. The lowest BCUT2D eigenvalue weighted by Gasteiger charge is -2.37. The zero-order valence-electron chi connectivity index (χ0n) is 19.4. The Hall–Kier alpha value is -3.69. The minimum absolute atomic E-state index is 0.0651. The first-order valence-electron chi connectivity index (χ1n) is 11.9. The minimum atomic E-state index is -0.667. The van der Waals surface area contributed by atoms with E-state index < -0.39 is 10.9 Å². The number of phenolic OH excluding ortho intramolecular Hbond substituents is 1. The Bertz CT molecular complexity index is 1300. The number of nitrogens with one attached hydrogen (secondary N) is 3. The van der Waals surface area contributed by atoms with E-state index in [1.54, 1.807) is 23.1 Å². The molecule has 35 heavy (non-hydrogen) atoms. The van der Waals surface area contributed by atoms with Crippen molar-refractivity contribution in [1.82, 2.24) is 10.2 Å². The van der Waals surface area contributed by atoms with Crippen LogP contribution >= 0.6 is 0 Å². The molecule has 0 bridgehead atoms. The van der Waals surface area contributed by atoms with Crippen molar-refractivity contribution in [3.8, 4) is 5.75 Å². The number of hydrogen-bond acceptors (Lipinski definition) is 8. The summed E-state index contributed by atoms with van der Waals surface area (Å²) < 4.78 is 5.74. The molecule has 2 aliphatic rings. The van der Waals surface area contributed by atoms with Crippen LogP contribution in [-0.4, -0.2) is 54.3 Å². The first kappa shape index (κ1) is 23.1. The van der Waals surface area contributed by atoms with Crippen molar-refractivity contribution in [3.05, 3.63) is 80.1 Å². The van der Waals surface area contributed by atoms with E-state index in [0.717, 1.165) is 5.56 Å². The monoisotopic (exact) mass is 476 g/mol. The highest BCUT2D eigenvalue weighted by Gasteiger charge is 2.39. The number of carbonyl (C=O) groups is 1. The van der Waals surface area contributed by atoms with Gasteiger partial charge in [0, 0.05) is 19.6 Å². The predicted molar refractivity (Wildman–Crippen MR) is 133 cm³/mol. The number of fused-ring (bicyclic) bond motifs is 1.